The van der Waals surface area contributed by atoms with Gasteiger partial charge in [-0.05, 0) is 43.4 Å². The number of piperidine rings is 1. The molecule has 0 amide bonds. The van der Waals surface area contributed by atoms with Crippen molar-refractivity contribution in [2.75, 3.05) is 5.73 Å². The summed E-state index contributed by atoms with van der Waals surface area (Å²) in [6.45, 7) is 0.920. The van der Waals surface area contributed by atoms with Crippen LogP contribution in [0.5, 0.6) is 0 Å². The van der Waals surface area contributed by atoms with E-state index in [4.69, 9.17) is 17.3 Å². The summed E-state index contributed by atoms with van der Waals surface area (Å²) in [4.78, 5) is 2.52. The second-order valence-electron chi connectivity index (χ2n) is 5.54. The van der Waals surface area contributed by atoms with Gasteiger partial charge in [-0.3, -0.25) is 4.90 Å². The van der Waals surface area contributed by atoms with E-state index in [-0.39, 0.29) is 6.10 Å². The zero-order valence-corrected chi connectivity index (χ0v) is 11.1. The number of anilines is 1. The van der Waals surface area contributed by atoms with Crippen molar-refractivity contribution in [3.05, 3.63) is 28.8 Å². The van der Waals surface area contributed by atoms with E-state index in [1.165, 1.54) is 18.4 Å². The van der Waals surface area contributed by atoms with E-state index in [1.807, 2.05) is 18.2 Å². The van der Waals surface area contributed by atoms with Crippen LogP contribution in [0.15, 0.2) is 18.2 Å². The fraction of sp³-hybridized carbons (Fsp3) is 0.571. The first-order valence-electron chi connectivity index (χ1n) is 6.61. The first-order valence-corrected chi connectivity index (χ1v) is 6.99. The lowest BCUT2D eigenvalue weighted by Crippen LogP contribution is -2.44. The maximum absolute atomic E-state index is 9.79. The van der Waals surface area contributed by atoms with Crippen LogP contribution in [-0.2, 0) is 6.54 Å². The van der Waals surface area contributed by atoms with Crippen LogP contribution in [0.25, 0.3) is 0 Å². The van der Waals surface area contributed by atoms with Gasteiger partial charge >= 0.3 is 0 Å². The van der Waals surface area contributed by atoms with Gasteiger partial charge in [-0.1, -0.05) is 17.7 Å². The quantitative estimate of drug-likeness (QED) is 0.809. The fourth-order valence-electron chi connectivity index (χ4n) is 3.41. The molecule has 2 aliphatic heterocycles. The molecule has 1 aromatic rings. The molecule has 98 valence electrons. The Morgan fingerprint density at radius 3 is 2.56 bits per heavy atom. The molecular weight excluding hydrogens is 248 g/mol. The highest BCUT2D eigenvalue weighted by atomic mass is 35.5. The van der Waals surface area contributed by atoms with Crippen molar-refractivity contribution in [3.8, 4) is 0 Å². The number of nitrogens with two attached hydrogens (primary N) is 1. The molecule has 2 heterocycles. The molecule has 3 nitrogen and oxygen atoms in total. The normalized spacial score (nSPS) is 31.8. The largest absolute Gasteiger partial charge is 0.398 e. The van der Waals surface area contributed by atoms with Gasteiger partial charge in [0.15, 0.2) is 0 Å². The van der Waals surface area contributed by atoms with Crippen LogP contribution in [0.1, 0.15) is 31.2 Å². The molecule has 2 atom stereocenters. The minimum absolute atomic E-state index is 0.103. The first-order chi connectivity index (χ1) is 8.63. The van der Waals surface area contributed by atoms with Crippen LogP contribution in [0.4, 0.5) is 5.69 Å². The number of hydrogen-bond acceptors (Lipinski definition) is 3. The van der Waals surface area contributed by atoms with E-state index in [9.17, 15) is 5.11 Å². The molecule has 0 saturated carbocycles. The molecule has 18 heavy (non-hydrogen) atoms. The second-order valence-corrected chi connectivity index (χ2v) is 5.95. The highest BCUT2D eigenvalue weighted by molar-refractivity contribution is 6.33. The maximum atomic E-state index is 9.79. The third kappa shape index (κ3) is 2.22. The van der Waals surface area contributed by atoms with E-state index < -0.39 is 0 Å². The van der Waals surface area contributed by atoms with Gasteiger partial charge in [0.1, 0.15) is 0 Å². The molecule has 2 aliphatic rings. The zero-order chi connectivity index (χ0) is 12.7. The summed E-state index contributed by atoms with van der Waals surface area (Å²) in [5.74, 6) is 0. The van der Waals surface area contributed by atoms with Gasteiger partial charge in [0.25, 0.3) is 0 Å². The minimum atomic E-state index is -0.103. The summed E-state index contributed by atoms with van der Waals surface area (Å²) in [5.41, 5.74) is 7.71. The Kier molecular flexibility index (Phi) is 3.22. The Balaban J connectivity index is 1.75. The molecule has 4 heteroatoms. The van der Waals surface area contributed by atoms with Crippen molar-refractivity contribution in [2.45, 2.75) is 50.4 Å². The smallest absolute Gasteiger partial charge is 0.0635 e. The Morgan fingerprint density at radius 2 is 1.94 bits per heavy atom. The van der Waals surface area contributed by atoms with Gasteiger partial charge in [0.05, 0.1) is 16.8 Å². The Labute approximate surface area is 113 Å². The van der Waals surface area contributed by atoms with Gasteiger partial charge in [-0.2, -0.15) is 0 Å². The van der Waals surface area contributed by atoms with Crippen molar-refractivity contribution in [2.24, 2.45) is 0 Å². The number of nitrogens with zero attached hydrogens (tertiary/aromatic N) is 1. The number of rotatable bonds is 2. The van der Waals surface area contributed by atoms with Crippen LogP contribution >= 0.6 is 11.6 Å². The van der Waals surface area contributed by atoms with Gasteiger partial charge in [0, 0.05) is 18.6 Å². The van der Waals surface area contributed by atoms with Crippen LogP contribution in [0.3, 0.4) is 0 Å². The Bertz CT molecular complexity index is 437. The molecule has 3 rings (SSSR count). The van der Waals surface area contributed by atoms with E-state index in [0.29, 0.717) is 22.8 Å². The summed E-state index contributed by atoms with van der Waals surface area (Å²) in [6, 6.07) is 6.95. The molecule has 0 aliphatic carbocycles. The molecule has 2 saturated heterocycles. The molecule has 0 spiro atoms. The standard InChI is InChI=1S/C14H19ClN2O/c15-13-4-1-9(5-14(13)16)8-17-10-2-3-11(17)7-12(18)6-10/h1,4-5,10-12,18H,2-3,6-8,16H2. The Morgan fingerprint density at radius 1 is 1.28 bits per heavy atom. The van der Waals surface area contributed by atoms with Crippen LogP contribution in [0, 0.1) is 0 Å². The van der Waals surface area contributed by atoms with Crippen molar-refractivity contribution in [3.63, 3.8) is 0 Å². The summed E-state index contributed by atoms with van der Waals surface area (Å²) in [7, 11) is 0. The minimum Gasteiger partial charge on any atom is -0.398 e. The molecule has 2 bridgehead atoms. The molecule has 0 radical (unpaired) electrons. The highest BCUT2D eigenvalue weighted by Gasteiger charge is 2.39. The van der Waals surface area contributed by atoms with E-state index in [0.717, 1.165) is 19.4 Å². The number of aliphatic hydroxyl groups excluding tert-OH is 1. The average molecular weight is 267 g/mol. The van der Waals surface area contributed by atoms with Gasteiger partial charge in [-0.15, -0.1) is 0 Å². The topological polar surface area (TPSA) is 49.5 Å². The van der Waals surface area contributed by atoms with Crippen molar-refractivity contribution < 1.29 is 5.11 Å². The molecule has 1 aromatic carbocycles. The van der Waals surface area contributed by atoms with Gasteiger partial charge in [-0.25, -0.2) is 0 Å². The lowest BCUT2D eigenvalue weighted by Gasteiger charge is -2.37. The third-order valence-corrected chi connectivity index (χ3v) is 4.63. The van der Waals surface area contributed by atoms with Crippen LogP contribution in [-0.4, -0.2) is 28.2 Å². The number of benzene rings is 1. The third-order valence-electron chi connectivity index (χ3n) is 4.29. The van der Waals surface area contributed by atoms with Crippen molar-refractivity contribution >= 4 is 17.3 Å². The highest BCUT2D eigenvalue weighted by Crippen LogP contribution is 2.37. The maximum Gasteiger partial charge on any atom is 0.0635 e. The summed E-state index contributed by atoms with van der Waals surface area (Å²) in [6.07, 6.45) is 4.16. The van der Waals surface area contributed by atoms with Crippen molar-refractivity contribution in [1.29, 1.82) is 0 Å². The lowest BCUT2D eigenvalue weighted by atomic mass is 9.99. The Hall–Kier alpha value is -0.770. The van der Waals surface area contributed by atoms with Gasteiger partial charge < -0.3 is 10.8 Å². The number of halogens is 1. The SMILES string of the molecule is Nc1cc(CN2C3CCC2CC(O)C3)ccc1Cl. The molecule has 2 fully saturated rings. The van der Waals surface area contributed by atoms with Crippen molar-refractivity contribution in [1.82, 2.24) is 4.90 Å². The van der Waals surface area contributed by atoms with Crippen LogP contribution in [0.2, 0.25) is 5.02 Å². The second kappa shape index (κ2) is 4.72. The molecule has 3 N–H and O–H groups in total. The predicted octanol–water partition coefficient (Wildman–Crippen LogP) is 2.41. The number of fused-ring (bicyclic) bond motifs is 2. The zero-order valence-electron chi connectivity index (χ0n) is 10.3. The number of nitrogen functional groups attached to an aromatic ring is 1. The van der Waals surface area contributed by atoms with E-state index in [1.54, 1.807) is 0 Å². The fourth-order valence-corrected chi connectivity index (χ4v) is 3.52. The predicted molar refractivity (Wildman–Crippen MR) is 73.5 cm³/mol. The molecule has 2 unspecified atom stereocenters. The average Bonchev–Trinajstić information content (AvgIpc) is 2.58. The summed E-state index contributed by atoms with van der Waals surface area (Å²) < 4.78 is 0. The molecule has 0 aromatic heterocycles. The van der Waals surface area contributed by atoms with Crippen LogP contribution < -0.4 is 5.73 Å². The van der Waals surface area contributed by atoms with Gasteiger partial charge in [0.2, 0.25) is 0 Å². The monoisotopic (exact) mass is 266 g/mol. The lowest BCUT2D eigenvalue weighted by molar-refractivity contribution is 0.0310. The van der Waals surface area contributed by atoms with E-state index >= 15 is 0 Å². The number of hydrogen-bond donors (Lipinski definition) is 2. The van der Waals surface area contributed by atoms with E-state index in [2.05, 4.69) is 4.90 Å². The number of aliphatic hydroxyl groups is 1. The molecular formula is C14H19ClN2O. The first kappa shape index (κ1) is 12.3. The summed E-state index contributed by atoms with van der Waals surface area (Å²) >= 11 is 5.94. The summed E-state index contributed by atoms with van der Waals surface area (Å²) in [5, 5.41) is 10.4.